The Kier molecular flexibility index (Phi) is 11.9. The van der Waals surface area contributed by atoms with Gasteiger partial charge in [-0.2, -0.15) is 0 Å². The number of nitrogens with one attached hydrogen (secondary N) is 2. The molecule has 0 aliphatic carbocycles. The molecule has 0 aromatic rings. The fraction of sp³-hybridized carbons (Fsp3) is 1.00. The molecule has 0 aliphatic heterocycles. The third-order valence-electron chi connectivity index (χ3n) is 2.93. The van der Waals surface area contributed by atoms with E-state index in [1.165, 1.54) is 45.2 Å². The third kappa shape index (κ3) is 11.8. The van der Waals surface area contributed by atoms with Crippen LogP contribution >= 0.6 is 0 Å². The quantitative estimate of drug-likeness (QED) is 0.517. The predicted octanol–water partition coefficient (Wildman–Crippen LogP) is 2.79. The first-order valence-corrected chi connectivity index (χ1v) is 6.72. The zero-order valence-electron chi connectivity index (χ0n) is 10.9. The molecule has 1 unspecified atom stereocenters. The minimum atomic E-state index is 0.898. The Morgan fingerprint density at radius 2 is 1.47 bits per heavy atom. The van der Waals surface area contributed by atoms with Crippen molar-refractivity contribution in [1.29, 1.82) is 0 Å². The van der Waals surface area contributed by atoms with E-state index in [0.717, 1.165) is 19.0 Å². The summed E-state index contributed by atoms with van der Waals surface area (Å²) in [5.41, 5.74) is 0. The molecule has 0 radical (unpaired) electrons. The van der Waals surface area contributed by atoms with Crippen molar-refractivity contribution in [1.82, 2.24) is 10.6 Å². The number of hydrogen-bond acceptors (Lipinski definition) is 2. The third-order valence-corrected chi connectivity index (χ3v) is 2.93. The molecule has 15 heavy (non-hydrogen) atoms. The van der Waals surface area contributed by atoms with Gasteiger partial charge in [0.2, 0.25) is 0 Å². The molecule has 0 heterocycles. The average molecular weight is 214 g/mol. The van der Waals surface area contributed by atoms with Crippen molar-refractivity contribution < 1.29 is 0 Å². The van der Waals surface area contributed by atoms with E-state index in [1.807, 2.05) is 0 Å². The summed E-state index contributed by atoms with van der Waals surface area (Å²) in [6, 6.07) is 0. The lowest BCUT2D eigenvalue weighted by Crippen LogP contribution is -2.28. The van der Waals surface area contributed by atoms with Crippen LogP contribution in [0.5, 0.6) is 0 Å². The van der Waals surface area contributed by atoms with Crippen molar-refractivity contribution in [2.24, 2.45) is 5.92 Å². The van der Waals surface area contributed by atoms with Gasteiger partial charge in [-0.25, -0.2) is 0 Å². The van der Waals surface area contributed by atoms with Crippen LogP contribution in [0.15, 0.2) is 0 Å². The molecule has 2 nitrogen and oxygen atoms in total. The summed E-state index contributed by atoms with van der Waals surface area (Å²) in [4.78, 5) is 0. The lowest BCUT2D eigenvalue weighted by atomic mass is 10.0. The minimum absolute atomic E-state index is 0.898. The van der Waals surface area contributed by atoms with Crippen molar-refractivity contribution in [2.75, 3.05) is 26.2 Å². The minimum Gasteiger partial charge on any atom is -0.315 e. The molecule has 0 fully saturated rings. The molecule has 0 aliphatic rings. The van der Waals surface area contributed by atoms with Gasteiger partial charge in [0.1, 0.15) is 0 Å². The molecule has 2 N–H and O–H groups in total. The molecule has 0 aromatic heterocycles. The van der Waals surface area contributed by atoms with Crippen LogP contribution in [0, 0.1) is 5.92 Å². The van der Waals surface area contributed by atoms with Crippen molar-refractivity contribution in [3.8, 4) is 0 Å². The number of hydrogen-bond donors (Lipinski definition) is 2. The molecule has 92 valence electrons. The fourth-order valence-corrected chi connectivity index (χ4v) is 1.51. The zero-order valence-corrected chi connectivity index (χ0v) is 10.9. The summed E-state index contributed by atoms with van der Waals surface area (Å²) in [6.07, 6.45) is 6.60. The summed E-state index contributed by atoms with van der Waals surface area (Å²) < 4.78 is 0. The highest BCUT2D eigenvalue weighted by Gasteiger charge is 1.97. The van der Waals surface area contributed by atoms with Crippen molar-refractivity contribution >= 4 is 0 Å². The van der Waals surface area contributed by atoms with Crippen LogP contribution in [0.2, 0.25) is 0 Å². The second-order valence-electron chi connectivity index (χ2n) is 4.51. The second kappa shape index (κ2) is 12.0. The SMILES string of the molecule is CCCCNCCNCCCC(C)CC. The molecule has 0 amide bonds. The summed E-state index contributed by atoms with van der Waals surface area (Å²) in [7, 11) is 0. The maximum Gasteiger partial charge on any atom is 0.00767 e. The number of unbranched alkanes of at least 4 members (excludes halogenated alkanes) is 1. The van der Waals surface area contributed by atoms with E-state index in [2.05, 4.69) is 31.4 Å². The molecule has 0 spiro atoms. The Morgan fingerprint density at radius 3 is 2.00 bits per heavy atom. The van der Waals surface area contributed by atoms with Gasteiger partial charge in [-0.3, -0.25) is 0 Å². The molecule has 0 saturated carbocycles. The normalized spacial score (nSPS) is 13.0. The van der Waals surface area contributed by atoms with E-state index in [9.17, 15) is 0 Å². The maximum atomic E-state index is 3.48. The Balaban J connectivity index is 2.92. The Morgan fingerprint density at radius 1 is 0.867 bits per heavy atom. The smallest absolute Gasteiger partial charge is 0.00767 e. The van der Waals surface area contributed by atoms with Gasteiger partial charge in [0, 0.05) is 13.1 Å². The molecule has 0 saturated heterocycles. The molecule has 0 rings (SSSR count). The fourth-order valence-electron chi connectivity index (χ4n) is 1.51. The predicted molar refractivity (Wildman–Crippen MR) is 69.3 cm³/mol. The average Bonchev–Trinajstić information content (AvgIpc) is 2.26. The maximum absolute atomic E-state index is 3.48. The summed E-state index contributed by atoms with van der Waals surface area (Å²) in [5.74, 6) is 0.898. The van der Waals surface area contributed by atoms with Gasteiger partial charge >= 0.3 is 0 Å². The van der Waals surface area contributed by atoms with E-state index >= 15 is 0 Å². The van der Waals surface area contributed by atoms with Crippen LogP contribution in [-0.2, 0) is 0 Å². The molecular weight excluding hydrogens is 184 g/mol. The molecule has 1 atom stereocenters. The summed E-state index contributed by atoms with van der Waals surface area (Å²) >= 11 is 0. The molecule has 0 aromatic carbocycles. The first kappa shape index (κ1) is 14.9. The highest BCUT2D eigenvalue weighted by atomic mass is 14.9. The van der Waals surface area contributed by atoms with Crippen LogP contribution in [0.4, 0.5) is 0 Å². The van der Waals surface area contributed by atoms with Crippen LogP contribution in [-0.4, -0.2) is 26.2 Å². The van der Waals surface area contributed by atoms with E-state index in [1.54, 1.807) is 0 Å². The zero-order chi connectivity index (χ0) is 11.4. The Hall–Kier alpha value is -0.0800. The van der Waals surface area contributed by atoms with Crippen molar-refractivity contribution in [3.05, 3.63) is 0 Å². The first-order valence-electron chi connectivity index (χ1n) is 6.72. The van der Waals surface area contributed by atoms with Crippen LogP contribution in [0.25, 0.3) is 0 Å². The van der Waals surface area contributed by atoms with Gasteiger partial charge in [0.25, 0.3) is 0 Å². The molecular formula is C13H30N2. The van der Waals surface area contributed by atoms with E-state index in [-0.39, 0.29) is 0 Å². The van der Waals surface area contributed by atoms with E-state index in [4.69, 9.17) is 0 Å². The summed E-state index contributed by atoms with van der Waals surface area (Å²) in [6.45, 7) is 11.4. The van der Waals surface area contributed by atoms with Crippen LogP contribution < -0.4 is 10.6 Å². The largest absolute Gasteiger partial charge is 0.315 e. The van der Waals surface area contributed by atoms with Gasteiger partial charge in [0.05, 0.1) is 0 Å². The van der Waals surface area contributed by atoms with Crippen molar-refractivity contribution in [2.45, 2.75) is 52.9 Å². The van der Waals surface area contributed by atoms with E-state index < -0.39 is 0 Å². The van der Waals surface area contributed by atoms with Crippen molar-refractivity contribution in [3.63, 3.8) is 0 Å². The highest BCUT2D eigenvalue weighted by Crippen LogP contribution is 2.07. The second-order valence-corrected chi connectivity index (χ2v) is 4.51. The molecule has 0 bridgehead atoms. The van der Waals surface area contributed by atoms with Gasteiger partial charge < -0.3 is 10.6 Å². The van der Waals surface area contributed by atoms with Gasteiger partial charge in [0.15, 0.2) is 0 Å². The standard InChI is InChI=1S/C13H30N2/c1-4-6-9-14-11-12-15-10-7-8-13(3)5-2/h13-15H,4-12H2,1-3H3. The highest BCUT2D eigenvalue weighted by molar-refractivity contribution is 4.55. The summed E-state index contributed by atoms with van der Waals surface area (Å²) in [5, 5.41) is 6.91. The van der Waals surface area contributed by atoms with Crippen LogP contribution in [0.3, 0.4) is 0 Å². The first-order chi connectivity index (χ1) is 7.31. The number of rotatable bonds is 11. The Labute approximate surface area is 96.2 Å². The lowest BCUT2D eigenvalue weighted by molar-refractivity contribution is 0.478. The van der Waals surface area contributed by atoms with Gasteiger partial charge in [-0.1, -0.05) is 33.6 Å². The lowest BCUT2D eigenvalue weighted by Gasteiger charge is -2.09. The molecule has 2 heteroatoms. The van der Waals surface area contributed by atoms with Gasteiger partial charge in [-0.15, -0.1) is 0 Å². The van der Waals surface area contributed by atoms with Gasteiger partial charge in [-0.05, 0) is 38.3 Å². The topological polar surface area (TPSA) is 24.1 Å². The van der Waals surface area contributed by atoms with E-state index in [0.29, 0.717) is 0 Å². The monoisotopic (exact) mass is 214 g/mol. The Bertz CT molecular complexity index is 115. The van der Waals surface area contributed by atoms with Crippen LogP contribution in [0.1, 0.15) is 52.9 Å².